The van der Waals surface area contributed by atoms with Crippen molar-refractivity contribution in [3.63, 3.8) is 0 Å². The van der Waals surface area contributed by atoms with Crippen molar-refractivity contribution in [3.05, 3.63) is 72.3 Å². The first-order valence-electron chi connectivity index (χ1n) is 8.78. The van der Waals surface area contributed by atoms with Crippen LogP contribution in [-0.4, -0.2) is 27.2 Å². The molecule has 1 aliphatic heterocycles. The highest BCUT2D eigenvalue weighted by atomic mass is 16.2. The van der Waals surface area contributed by atoms with Gasteiger partial charge in [0.1, 0.15) is 18.7 Å². The number of para-hydroxylation sites is 2. The highest BCUT2D eigenvalue weighted by Gasteiger charge is 2.21. The standard InChI is InChI=1S/C20H21N5O/c1-15(25-14-21-13-22-25)20(26)23-18-8-4-2-7-17(18)12-24-11-10-16-6-3-5-9-19(16)24/h2-9,13-15H,10-12H2,1H3,(H,23,26). The minimum Gasteiger partial charge on any atom is -0.367 e. The molecule has 0 radical (unpaired) electrons. The van der Waals surface area contributed by atoms with Gasteiger partial charge in [-0.1, -0.05) is 36.4 Å². The second kappa shape index (κ2) is 7.00. The Morgan fingerprint density at radius 3 is 2.85 bits per heavy atom. The molecule has 132 valence electrons. The molecule has 4 rings (SSSR count). The molecule has 0 aliphatic carbocycles. The van der Waals surface area contributed by atoms with Crippen LogP contribution in [0.1, 0.15) is 24.1 Å². The number of nitrogens with one attached hydrogen (secondary N) is 1. The number of aromatic nitrogens is 3. The molecule has 0 bridgehead atoms. The summed E-state index contributed by atoms with van der Waals surface area (Å²) < 4.78 is 1.55. The van der Waals surface area contributed by atoms with Crippen molar-refractivity contribution in [2.24, 2.45) is 0 Å². The van der Waals surface area contributed by atoms with Gasteiger partial charge in [-0.25, -0.2) is 9.67 Å². The Bertz CT molecular complexity index is 906. The Labute approximate surface area is 152 Å². The smallest absolute Gasteiger partial charge is 0.249 e. The van der Waals surface area contributed by atoms with Gasteiger partial charge in [-0.3, -0.25) is 4.79 Å². The van der Waals surface area contributed by atoms with Crippen LogP contribution in [0.3, 0.4) is 0 Å². The topological polar surface area (TPSA) is 63.1 Å². The van der Waals surface area contributed by atoms with Gasteiger partial charge in [0.2, 0.25) is 5.91 Å². The van der Waals surface area contributed by atoms with Gasteiger partial charge in [0.25, 0.3) is 0 Å². The SMILES string of the molecule is CC(C(=O)Nc1ccccc1CN1CCc2ccccc21)n1cncn1. The summed E-state index contributed by atoms with van der Waals surface area (Å²) in [5.74, 6) is -0.107. The van der Waals surface area contributed by atoms with Crippen LogP contribution in [0.15, 0.2) is 61.2 Å². The lowest BCUT2D eigenvalue weighted by atomic mass is 10.1. The van der Waals surface area contributed by atoms with Crippen LogP contribution >= 0.6 is 0 Å². The zero-order valence-electron chi connectivity index (χ0n) is 14.7. The number of hydrogen-bond acceptors (Lipinski definition) is 4. The molecule has 1 aromatic heterocycles. The van der Waals surface area contributed by atoms with E-state index in [1.165, 1.54) is 17.6 Å². The zero-order chi connectivity index (χ0) is 17.9. The third-order valence-electron chi connectivity index (χ3n) is 4.83. The van der Waals surface area contributed by atoms with E-state index in [-0.39, 0.29) is 5.91 Å². The quantitative estimate of drug-likeness (QED) is 0.770. The lowest BCUT2D eigenvalue weighted by Crippen LogP contribution is -2.26. The van der Waals surface area contributed by atoms with Gasteiger partial charge in [0.15, 0.2) is 0 Å². The molecule has 1 amide bonds. The molecule has 1 aliphatic rings. The average molecular weight is 347 g/mol. The molecule has 2 heterocycles. The molecular formula is C20H21N5O. The molecule has 6 nitrogen and oxygen atoms in total. The maximum absolute atomic E-state index is 12.6. The van der Waals surface area contributed by atoms with Crippen molar-refractivity contribution in [3.8, 4) is 0 Å². The fourth-order valence-corrected chi connectivity index (χ4v) is 3.33. The molecule has 2 aromatic carbocycles. The molecule has 1 atom stereocenters. The summed E-state index contributed by atoms with van der Waals surface area (Å²) in [6, 6.07) is 16.1. The summed E-state index contributed by atoms with van der Waals surface area (Å²) >= 11 is 0. The van der Waals surface area contributed by atoms with Crippen molar-refractivity contribution in [1.82, 2.24) is 14.8 Å². The van der Waals surface area contributed by atoms with E-state index >= 15 is 0 Å². The molecule has 0 saturated heterocycles. The normalized spacial score (nSPS) is 14.1. The maximum Gasteiger partial charge on any atom is 0.249 e. The number of carbonyl (C=O) groups excluding carboxylic acids is 1. The van der Waals surface area contributed by atoms with Gasteiger partial charge in [-0.05, 0) is 36.6 Å². The molecule has 6 heteroatoms. The van der Waals surface area contributed by atoms with Gasteiger partial charge < -0.3 is 10.2 Å². The van der Waals surface area contributed by atoms with E-state index in [9.17, 15) is 4.79 Å². The summed E-state index contributed by atoms with van der Waals surface area (Å²) in [6.07, 6.45) is 4.05. The first kappa shape index (κ1) is 16.3. The number of hydrogen-bond donors (Lipinski definition) is 1. The number of anilines is 2. The molecule has 0 fully saturated rings. The third kappa shape index (κ3) is 3.18. The number of nitrogens with zero attached hydrogens (tertiary/aromatic N) is 4. The highest BCUT2D eigenvalue weighted by Crippen LogP contribution is 2.30. The second-order valence-corrected chi connectivity index (χ2v) is 6.50. The number of carbonyl (C=O) groups is 1. The minimum atomic E-state index is -0.418. The van der Waals surface area contributed by atoms with Gasteiger partial charge in [-0.15, -0.1) is 0 Å². The Balaban J connectivity index is 1.52. The summed E-state index contributed by atoms with van der Waals surface area (Å²) in [6.45, 7) is 3.57. The molecule has 26 heavy (non-hydrogen) atoms. The largest absolute Gasteiger partial charge is 0.367 e. The number of fused-ring (bicyclic) bond motifs is 1. The number of amides is 1. The van der Waals surface area contributed by atoms with Crippen LogP contribution in [-0.2, 0) is 17.8 Å². The molecular weight excluding hydrogens is 326 g/mol. The van der Waals surface area contributed by atoms with E-state index in [1.54, 1.807) is 11.0 Å². The van der Waals surface area contributed by atoms with E-state index in [2.05, 4.69) is 50.6 Å². The van der Waals surface area contributed by atoms with E-state index < -0.39 is 6.04 Å². The van der Waals surface area contributed by atoms with Gasteiger partial charge in [0, 0.05) is 24.5 Å². The van der Waals surface area contributed by atoms with Crippen LogP contribution in [0.25, 0.3) is 0 Å². The molecule has 0 saturated carbocycles. The number of rotatable bonds is 5. The molecule has 1 N–H and O–H groups in total. The maximum atomic E-state index is 12.6. The van der Waals surface area contributed by atoms with Crippen molar-refractivity contribution in [1.29, 1.82) is 0 Å². The van der Waals surface area contributed by atoms with Crippen molar-refractivity contribution >= 4 is 17.3 Å². The Hall–Kier alpha value is -3.15. The van der Waals surface area contributed by atoms with E-state index in [4.69, 9.17) is 0 Å². The average Bonchev–Trinajstić information content (AvgIpc) is 3.33. The van der Waals surface area contributed by atoms with Crippen LogP contribution < -0.4 is 10.2 Å². The third-order valence-corrected chi connectivity index (χ3v) is 4.83. The summed E-state index contributed by atoms with van der Waals surface area (Å²) in [5, 5.41) is 7.09. The fraction of sp³-hybridized carbons (Fsp3) is 0.250. The molecule has 3 aromatic rings. The van der Waals surface area contributed by atoms with Crippen LogP contribution in [0.2, 0.25) is 0 Å². The molecule has 0 spiro atoms. The van der Waals surface area contributed by atoms with Crippen LogP contribution in [0, 0.1) is 0 Å². The first-order chi connectivity index (χ1) is 12.7. The van der Waals surface area contributed by atoms with Crippen LogP contribution in [0.4, 0.5) is 11.4 Å². The van der Waals surface area contributed by atoms with Gasteiger partial charge in [-0.2, -0.15) is 5.10 Å². The van der Waals surface area contributed by atoms with Crippen molar-refractivity contribution < 1.29 is 4.79 Å². The second-order valence-electron chi connectivity index (χ2n) is 6.50. The lowest BCUT2D eigenvalue weighted by Gasteiger charge is -2.22. The van der Waals surface area contributed by atoms with E-state index in [0.29, 0.717) is 0 Å². The predicted octanol–water partition coefficient (Wildman–Crippen LogP) is 3.04. The predicted molar refractivity (Wildman–Crippen MR) is 101 cm³/mol. The van der Waals surface area contributed by atoms with Crippen LogP contribution in [0.5, 0.6) is 0 Å². The summed E-state index contributed by atoms with van der Waals surface area (Å²) in [5.41, 5.74) is 4.61. The first-order valence-corrected chi connectivity index (χ1v) is 8.78. The minimum absolute atomic E-state index is 0.107. The van der Waals surface area contributed by atoms with Crippen molar-refractivity contribution in [2.45, 2.75) is 25.9 Å². The zero-order valence-corrected chi connectivity index (χ0v) is 14.7. The monoisotopic (exact) mass is 347 g/mol. The summed E-state index contributed by atoms with van der Waals surface area (Å²) in [4.78, 5) is 18.9. The Morgan fingerprint density at radius 1 is 1.19 bits per heavy atom. The highest BCUT2D eigenvalue weighted by molar-refractivity contribution is 5.94. The summed E-state index contributed by atoms with van der Waals surface area (Å²) in [7, 11) is 0. The van der Waals surface area contributed by atoms with E-state index in [1.807, 2.05) is 25.1 Å². The number of benzene rings is 2. The lowest BCUT2D eigenvalue weighted by molar-refractivity contribution is -0.119. The fourth-order valence-electron chi connectivity index (χ4n) is 3.33. The van der Waals surface area contributed by atoms with Gasteiger partial charge >= 0.3 is 0 Å². The van der Waals surface area contributed by atoms with Gasteiger partial charge in [0.05, 0.1) is 0 Å². The van der Waals surface area contributed by atoms with Crippen molar-refractivity contribution in [2.75, 3.05) is 16.8 Å². The Kier molecular flexibility index (Phi) is 4.39. The molecule has 1 unspecified atom stereocenters. The van der Waals surface area contributed by atoms with E-state index in [0.717, 1.165) is 30.8 Å². The Morgan fingerprint density at radius 2 is 2.00 bits per heavy atom.